The van der Waals surface area contributed by atoms with Crippen LogP contribution in [0.5, 0.6) is 5.75 Å². The zero-order valence-corrected chi connectivity index (χ0v) is 10.9. The molecule has 17 heavy (non-hydrogen) atoms. The van der Waals surface area contributed by atoms with Crippen molar-refractivity contribution >= 4 is 5.97 Å². The summed E-state index contributed by atoms with van der Waals surface area (Å²) in [7, 11) is 1.62. The van der Waals surface area contributed by atoms with E-state index in [0.717, 1.165) is 11.3 Å². The quantitative estimate of drug-likeness (QED) is 0.852. The van der Waals surface area contributed by atoms with Crippen molar-refractivity contribution in [3.63, 3.8) is 0 Å². The van der Waals surface area contributed by atoms with E-state index in [9.17, 15) is 4.79 Å². The van der Waals surface area contributed by atoms with Crippen LogP contribution in [0.4, 0.5) is 0 Å². The van der Waals surface area contributed by atoms with Crippen molar-refractivity contribution < 1.29 is 14.6 Å². The van der Waals surface area contributed by atoms with E-state index in [1.807, 2.05) is 25.1 Å². The van der Waals surface area contributed by atoms with Gasteiger partial charge in [0.1, 0.15) is 5.75 Å². The summed E-state index contributed by atoms with van der Waals surface area (Å²) in [4.78, 5) is 10.7. The smallest absolute Gasteiger partial charge is 0.303 e. The lowest BCUT2D eigenvalue weighted by Crippen LogP contribution is -2.05. The van der Waals surface area contributed by atoms with E-state index in [1.165, 1.54) is 5.56 Å². The molecule has 0 fully saturated rings. The van der Waals surface area contributed by atoms with E-state index < -0.39 is 5.97 Å². The SMILES string of the molecule is COc1cc(C(C)C)ccc1C(C)CC(=O)O. The second kappa shape index (κ2) is 5.71. The van der Waals surface area contributed by atoms with E-state index >= 15 is 0 Å². The number of hydrogen-bond donors (Lipinski definition) is 1. The molecule has 94 valence electrons. The molecule has 0 saturated carbocycles. The maximum atomic E-state index is 10.7. The molecule has 1 N–H and O–H groups in total. The molecule has 0 aliphatic heterocycles. The number of benzene rings is 1. The fourth-order valence-electron chi connectivity index (χ4n) is 1.87. The van der Waals surface area contributed by atoms with Crippen LogP contribution in [0.1, 0.15) is 50.2 Å². The van der Waals surface area contributed by atoms with Crippen molar-refractivity contribution in [1.29, 1.82) is 0 Å². The van der Waals surface area contributed by atoms with Crippen molar-refractivity contribution in [1.82, 2.24) is 0 Å². The van der Waals surface area contributed by atoms with Crippen LogP contribution in [-0.4, -0.2) is 18.2 Å². The van der Waals surface area contributed by atoms with Gasteiger partial charge in [-0.05, 0) is 29.0 Å². The standard InChI is InChI=1S/C14H20O3/c1-9(2)11-5-6-12(13(8-11)17-4)10(3)7-14(15)16/h5-6,8-10H,7H2,1-4H3,(H,15,16). The van der Waals surface area contributed by atoms with Gasteiger partial charge in [-0.25, -0.2) is 0 Å². The Morgan fingerprint density at radius 2 is 2.00 bits per heavy atom. The highest BCUT2D eigenvalue weighted by molar-refractivity contribution is 5.68. The summed E-state index contributed by atoms with van der Waals surface area (Å²) in [5.74, 6) is 0.397. The number of hydrogen-bond acceptors (Lipinski definition) is 2. The number of rotatable bonds is 5. The van der Waals surface area contributed by atoms with Gasteiger partial charge in [-0.15, -0.1) is 0 Å². The zero-order chi connectivity index (χ0) is 13.0. The minimum absolute atomic E-state index is 0.0383. The van der Waals surface area contributed by atoms with Crippen LogP contribution < -0.4 is 4.74 Å². The van der Waals surface area contributed by atoms with Crippen LogP contribution in [0.2, 0.25) is 0 Å². The number of carboxylic acid groups (broad SMARTS) is 1. The van der Waals surface area contributed by atoms with Gasteiger partial charge < -0.3 is 9.84 Å². The van der Waals surface area contributed by atoms with Gasteiger partial charge in [0.05, 0.1) is 13.5 Å². The summed E-state index contributed by atoms with van der Waals surface area (Å²) in [6.45, 7) is 6.14. The van der Waals surface area contributed by atoms with Crippen LogP contribution in [0, 0.1) is 0 Å². The molecule has 0 aliphatic carbocycles. The van der Waals surface area contributed by atoms with Crippen molar-refractivity contribution in [2.24, 2.45) is 0 Å². The maximum absolute atomic E-state index is 10.7. The second-order valence-corrected chi connectivity index (χ2v) is 4.65. The lowest BCUT2D eigenvalue weighted by atomic mass is 9.93. The van der Waals surface area contributed by atoms with Crippen LogP contribution in [0.25, 0.3) is 0 Å². The Balaban J connectivity index is 3.03. The van der Waals surface area contributed by atoms with Gasteiger partial charge >= 0.3 is 5.97 Å². The summed E-state index contributed by atoms with van der Waals surface area (Å²) in [5, 5.41) is 8.81. The number of methoxy groups -OCH3 is 1. The van der Waals surface area contributed by atoms with Crippen molar-refractivity contribution in [3.8, 4) is 5.75 Å². The molecule has 0 bridgehead atoms. The number of carbonyl (C=O) groups is 1. The van der Waals surface area contributed by atoms with Crippen molar-refractivity contribution in [3.05, 3.63) is 29.3 Å². The molecule has 0 radical (unpaired) electrons. The highest BCUT2D eigenvalue weighted by Crippen LogP contribution is 2.31. The fraction of sp³-hybridized carbons (Fsp3) is 0.500. The molecule has 0 amide bonds. The predicted molar refractivity (Wildman–Crippen MR) is 67.8 cm³/mol. The molecule has 1 aromatic rings. The van der Waals surface area contributed by atoms with E-state index in [4.69, 9.17) is 9.84 Å². The summed E-state index contributed by atoms with van der Waals surface area (Å²) in [6, 6.07) is 6.01. The lowest BCUT2D eigenvalue weighted by Gasteiger charge is -2.16. The van der Waals surface area contributed by atoms with Gasteiger partial charge in [0.2, 0.25) is 0 Å². The third-order valence-corrected chi connectivity index (χ3v) is 2.94. The summed E-state index contributed by atoms with van der Waals surface area (Å²) in [5.41, 5.74) is 2.16. The van der Waals surface area contributed by atoms with Gasteiger partial charge in [0.15, 0.2) is 0 Å². The normalized spacial score (nSPS) is 12.5. The Bertz CT molecular complexity index is 396. The van der Waals surface area contributed by atoms with Crippen LogP contribution in [-0.2, 0) is 4.79 Å². The molecular formula is C14H20O3. The Morgan fingerprint density at radius 1 is 1.35 bits per heavy atom. The van der Waals surface area contributed by atoms with Gasteiger partial charge in [-0.3, -0.25) is 4.79 Å². The molecule has 3 nitrogen and oxygen atoms in total. The maximum Gasteiger partial charge on any atom is 0.303 e. The molecule has 1 unspecified atom stereocenters. The van der Waals surface area contributed by atoms with Crippen LogP contribution >= 0.6 is 0 Å². The van der Waals surface area contributed by atoms with Crippen molar-refractivity contribution in [2.45, 2.75) is 39.0 Å². The molecular weight excluding hydrogens is 216 g/mol. The number of carboxylic acids is 1. The third-order valence-electron chi connectivity index (χ3n) is 2.94. The average molecular weight is 236 g/mol. The number of aliphatic carboxylic acids is 1. The highest BCUT2D eigenvalue weighted by atomic mass is 16.5. The summed E-state index contributed by atoms with van der Waals surface area (Å²) in [6.07, 6.45) is 0.122. The van der Waals surface area contributed by atoms with Crippen molar-refractivity contribution in [2.75, 3.05) is 7.11 Å². The minimum atomic E-state index is -0.785. The molecule has 0 spiro atoms. The van der Waals surface area contributed by atoms with Crippen LogP contribution in [0.15, 0.2) is 18.2 Å². The molecule has 1 atom stereocenters. The topological polar surface area (TPSA) is 46.5 Å². The molecule has 0 saturated heterocycles. The average Bonchev–Trinajstić information content (AvgIpc) is 2.27. The molecule has 0 heterocycles. The van der Waals surface area contributed by atoms with Crippen LogP contribution in [0.3, 0.4) is 0 Å². The first-order chi connectivity index (χ1) is 7.95. The van der Waals surface area contributed by atoms with Gasteiger partial charge in [0.25, 0.3) is 0 Å². The van der Waals surface area contributed by atoms with E-state index in [0.29, 0.717) is 5.92 Å². The molecule has 0 aliphatic rings. The Hall–Kier alpha value is -1.51. The second-order valence-electron chi connectivity index (χ2n) is 4.65. The third kappa shape index (κ3) is 3.48. The van der Waals surface area contributed by atoms with E-state index in [2.05, 4.69) is 13.8 Å². The zero-order valence-electron chi connectivity index (χ0n) is 10.9. The Morgan fingerprint density at radius 3 is 2.47 bits per heavy atom. The van der Waals surface area contributed by atoms with Gasteiger partial charge in [0, 0.05) is 0 Å². The highest BCUT2D eigenvalue weighted by Gasteiger charge is 2.15. The molecule has 1 aromatic carbocycles. The summed E-state index contributed by atoms with van der Waals surface area (Å²) < 4.78 is 5.35. The molecule has 0 aromatic heterocycles. The first-order valence-corrected chi connectivity index (χ1v) is 5.85. The number of ether oxygens (including phenoxy) is 1. The largest absolute Gasteiger partial charge is 0.496 e. The molecule has 1 rings (SSSR count). The Labute approximate surface area is 102 Å². The first-order valence-electron chi connectivity index (χ1n) is 5.85. The fourth-order valence-corrected chi connectivity index (χ4v) is 1.87. The monoisotopic (exact) mass is 236 g/mol. The predicted octanol–water partition coefficient (Wildman–Crippen LogP) is 3.40. The molecule has 3 heteroatoms. The minimum Gasteiger partial charge on any atom is -0.496 e. The lowest BCUT2D eigenvalue weighted by molar-refractivity contribution is -0.137. The van der Waals surface area contributed by atoms with E-state index in [1.54, 1.807) is 7.11 Å². The summed E-state index contributed by atoms with van der Waals surface area (Å²) >= 11 is 0. The first kappa shape index (κ1) is 13.6. The van der Waals surface area contributed by atoms with Gasteiger partial charge in [-0.2, -0.15) is 0 Å². The van der Waals surface area contributed by atoms with E-state index in [-0.39, 0.29) is 12.3 Å². The Kier molecular flexibility index (Phi) is 4.55. The van der Waals surface area contributed by atoms with Gasteiger partial charge in [-0.1, -0.05) is 32.9 Å².